The van der Waals surface area contributed by atoms with E-state index in [0.29, 0.717) is 12.0 Å². The zero-order valence-electron chi connectivity index (χ0n) is 14.6. The first kappa shape index (κ1) is 16.4. The van der Waals surface area contributed by atoms with E-state index < -0.39 is 0 Å². The van der Waals surface area contributed by atoms with Crippen LogP contribution in [0.5, 0.6) is 11.5 Å². The van der Waals surface area contributed by atoms with Crippen molar-refractivity contribution in [2.24, 2.45) is 17.1 Å². The predicted molar refractivity (Wildman–Crippen MR) is 96.4 cm³/mol. The van der Waals surface area contributed by atoms with E-state index >= 15 is 0 Å². The molecule has 1 saturated carbocycles. The lowest BCUT2D eigenvalue weighted by molar-refractivity contribution is 0.271. The van der Waals surface area contributed by atoms with Crippen LogP contribution in [0.4, 0.5) is 0 Å². The molecule has 2 fully saturated rings. The fraction of sp³-hybridized carbons (Fsp3) is 0.450. The van der Waals surface area contributed by atoms with Crippen LogP contribution in [-0.4, -0.2) is 36.6 Å². The van der Waals surface area contributed by atoms with Crippen LogP contribution in [0.1, 0.15) is 17.5 Å². The number of fused-ring (bicyclic) bond motifs is 1. The Kier molecular flexibility index (Phi) is 4.36. The lowest BCUT2D eigenvalue weighted by Crippen LogP contribution is -2.28. The highest BCUT2D eigenvalue weighted by molar-refractivity contribution is 5.43. The largest absolute Gasteiger partial charge is 0.493 e. The number of hydrogen-bond acceptors (Lipinski definition) is 5. The minimum absolute atomic E-state index is 0.414. The summed E-state index contributed by atoms with van der Waals surface area (Å²) < 4.78 is 11.4. The average molecular weight is 339 g/mol. The molecule has 1 aliphatic heterocycles. The van der Waals surface area contributed by atoms with Gasteiger partial charge in [0.15, 0.2) is 11.5 Å². The maximum Gasteiger partial charge on any atom is 0.161 e. The van der Waals surface area contributed by atoms with E-state index in [9.17, 15) is 0 Å². The molecule has 25 heavy (non-hydrogen) atoms. The van der Waals surface area contributed by atoms with Crippen molar-refractivity contribution in [2.45, 2.75) is 19.6 Å². The second-order valence-electron chi connectivity index (χ2n) is 7.27. The molecular weight excluding hydrogens is 314 g/mol. The van der Waals surface area contributed by atoms with Gasteiger partial charge in [0, 0.05) is 32.0 Å². The van der Waals surface area contributed by atoms with Gasteiger partial charge < -0.3 is 15.2 Å². The second-order valence-corrected chi connectivity index (χ2v) is 7.27. The molecule has 1 aromatic heterocycles. The van der Waals surface area contributed by atoms with Crippen LogP contribution in [0.3, 0.4) is 0 Å². The summed E-state index contributed by atoms with van der Waals surface area (Å²) in [6, 6.07) is 10.1. The van der Waals surface area contributed by atoms with Crippen molar-refractivity contribution in [1.29, 1.82) is 0 Å². The minimum atomic E-state index is 0.414. The number of pyridine rings is 1. The van der Waals surface area contributed by atoms with E-state index in [1.54, 1.807) is 19.5 Å². The summed E-state index contributed by atoms with van der Waals surface area (Å²) in [5, 5.41) is 0. The fourth-order valence-corrected chi connectivity index (χ4v) is 3.97. The number of rotatable bonds is 7. The molecule has 0 radical (unpaired) electrons. The van der Waals surface area contributed by atoms with Crippen LogP contribution in [0.25, 0.3) is 0 Å². The van der Waals surface area contributed by atoms with Crippen molar-refractivity contribution in [2.75, 3.05) is 26.7 Å². The van der Waals surface area contributed by atoms with Gasteiger partial charge in [-0.05, 0) is 59.7 Å². The summed E-state index contributed by atoms with van der Waals surface area (Å²) in [6.07, 6.45) is 4.85. The molecule has 5 nitrogen and oxygen atoms in total. The Morgan fingerprint density at radius 1 is 1.20 bits per heavy atom. The van der Waals surface area contributed by atoms with Crippen LogP contribution in [0.2, 0.25) is 0 Å². The van der Waals surface area contributed by atoms with Gasteiger partial charge in [-0.2, -0.15) is 0 Å². The standard InChI is InChI=1S/C20H25N3O2/c1-24-19-8-16(10-23-11-17-9-20(17,13-21)14-23)2-3-18(19)25-12-15-4-6-22-7-5-15/h2-8,17H,9-14,21H2,1H3/t17-,20-/m0/s1. The molecule has 1 aromatic carbocycles. The van der Waals surface area contributed by atoms with E-state index in [1.807, 2.05) is 18.2 Å². The fourth-order valence-electron chi connectivity index (χ4n) is 3.97. The molecule has 0 bridgehead atoms. The first-order chi connectivity index (χ1) is 12.2. The molecule has 2 heterocycles. The molecule has 5 heteroatoms. The number of aromatic nitrogens is 1. The molecule has 0 amide bonds. The van der Waals surface area contributed by atoms with Crippen molar-refractivity contribution >= 4 is 0 Å². The van der Waals surface area contributed by atoms with E-state index in [2.05, 4.69) is 22.0 Å². The van der Waals surface area contributed by atoms with Gasteiger partial charge in [-0.1, -0.05) is 6.07 Å². The molecule has 132 valence electrons. The Morgan fingerprint density at radius 2 is 2.04 bits per heavy atom. The summed E-state index contributed by atoms with van der Waals surface area (Å²) in [4.78, 5) is 6.53. The molecule has 4 rings (SSSR count). The molecule has 0 spiro atoms. The monoisotopic (exact) mass is 339 g/mol. The van der Waals surface area contributed by atoms with Gasteiger partial charge in [-0.15, -0.1) is 0 Å². The van der Waals surface area contributed by atoms with Gasteiger partial charge in [0.05, 0.1) is 7.11 Å². The smallest absolute Gasteiger partial charge is 0.161 e. The Bertz CT molecular complexity index is 733. The Morgan fingerprint density at radius 3 is 2.76 bits per heavy atom. The normalized spacial score (nSPS) is 24.8. The summed E-state index contributed by atoms with van der Waals surface area (Å²) in [7, 11) is 1.69. The lowest BCUT2D eigenvalue weighted by Gasteiger charge is -2.21. The molecule has 2 aromatic rings. The van der Waals surface area contributed by atoms with Crippen LogP contribution in [0, 0.1) is 11.3 Å². The lowest BCUT2D eigenvalue weighted by atomic mass is 10.1. The summed E-state index contributed by atoms with van der Waals surface area (Å²) in [5.41, 5.74) is 8.70. The minimum Gasteiger partial charge on any atom is -0.493 e. The van der Waals surface area contributed by atoms with Crippen LogP contribution in [-0.2, 0) is 13.2 Å². The SMILES string of the molecule is COc1cc(CN2C[C@@H]3C[C@]3(CN)C2)ccc1OCc1ccncc1. The third-order valence-corrected chi connectivity index (χ3v) is 5.56. The zero-order chi connectivity index (χ0) is 17.3. The number of ether oxygens (including phenoxy) is 2. The number of nitrogens with zero attached hydrogens (tertiary/aromatic N) is 2. The van der Waals surface area contributed by atoms with Crippen molar-refractivity contribution in [3.63, 3.8) is 0 Å². The third kappa shape index (κ3) is 3.34. The molecule has 1 saturated heterocycles. The average Bonchev–Trinajstić information content (AvgIpc) is 3.22. The van der Waals surface area contributed by atoms with Gasteiger partial charge in [0.2, 0.25) is 0 Å². The first-order valence-electron chi connectivity index (χ1n) is 8.83. The van der Waals surface area contributed by atoms with Gasteiger partial charge in [0.1, 0.15) is 6.61 Å². The molecule has 2 N–H and O–H groups in total. The Balaban J connectivity index is 1.40. The molecule has 0 unspecified atom stereocenters. The second kappa shape index (κ2) is 6.65. The Labute approximate surface area is 148 Å². The van der Waals surface area contributed by atoms with E-state index in [1.165, 1.54) is 18.5 Å². The van der Waals surface area contributed by atoms with Crippen molar-refractivity contribution in [3.05, 3.63) is 53.9 Å². The van der Waals surface area contributed by atoms with Gasteiger partial charge in [-0.3, -0.25) is 9.88 Å². The van der Waals surface area contributed by atoms with Gasteiger partial charge in [0.25, 0.3) is 0 Å². The molecule has 1 aliphatic carbocycles. The summed E-state index contributed by atoms with van der Waals surface area (Å²) >= 11 is 0. The maximum absolute atomic E-state index is 5.95. The highest BCUT2D eigenvalue weighted by atomic mass is 16.5. The number of methoxy groups -OCH3 is 1. The maximum atomic E-state index is 5.95. The number of piperidine rings is 1. The van der Waals surface area contributed by atoms with E-state index in [4.69, 9.17) is 15.2 Å². The van der Waals surface area contributed by atoms with E-state index in [0.717, 1.165) is 42.6 Å². The van der Waals surface area contributed by atoms with Crippen LogP contribution >= 0.6 is 0 Å². The van der Waals surface area contributed by atoms with Gasteiger partial charge in [-0.25, -0.2) is 0 Å². The quantitative estimate of drug-likeness (QED) is 0.840. The number of likely N-dealkylation sites (tertiary alicyclic amines) is 1. The van der Waals surface area contributed by atoms with Crippen LogP contribution < -0.4 is 15.2 Å². The van der Waals surface area contributed by atoms with Gasteiger partial charge >= 0.3 is 0 Å². The van der Waals surface area contributed by atoms with Crippen molar-refractivity contribution in [1.82, 2.24) is 9.88 Å². The molecule has 2 atom stereocenters. The number of hydrogen-bond donors (Lipinski definition) is 1. The zero-order valence-corrected chi connectivity index (χ0v) is 14.6. The number of benzene rings is 1. The first-order valence-corrected chi connectivity index (χ1v) is 8.83. The third-order valence-electron chi connectivity index (χ3n) is 5.56. The molecular formula is C20H25N3O2. The topological polar surface area (TPSA) is 60.6 Å². The predicted octanol–water partition coefficient (Wildman–Crippen LogP) is 2.45. The van der Waals surface area contributed by atoms with E-state index in [-0.39, 0.29) is 0 Å². The Hall–Kier alpha value is -2.11. The molecule has 2 aliphatic rings. The van der Waals surface area contributed by atoms with Crippen molar-refractivity contribution < 1.29 is 9.47 Å². The van der Waals surface area contributed by atoms with Crippen LogP contribution in [0.15, 0.2) is 42.7 Å². The highest BCUT2D eigenvalue weighted by Crippen LogP contribution is 2.57. The summed E-state index contributed by atoms with van der Waals surface area (Å²) in [5.74, 6) is 2.36. The number of nitrogens with two attached hydrogens (primary N) is 1. The summed E-state index contributed by atoms with van der Waals surface area (Å²) in [6.45, 7) is 4.56. The van der Waals surface area contributed by atoms with Crippen molar-refractivity contribution in [3.8, 4) is 11.5 Å². The highest BCUT2D eigenvalue weighted by Gasteiger charge is 2.58.